The quantitative estimate of drug-likeness (QED) is 0.894. The second kappa shape index (κ2) is 5.04. The Morgan fingerprint density at radius 3 is 3.12 bits per heavy atom. The normalized spacial score (nSPS) is 32.1. The van der Waals surface area contributed by atoms with Crippen LogP contribution in [0, 0.1) is 0 Å². The molecule has 0 bridgehead atoms. The predicted molar refractivity (Wildman–Crippen MR) is 71.3 cm³/mol. The summed E-state index contributed by atoms with van der Waals surface area (Å²) in [7, 11) is 0. The summed E-state index contributed by atoms with van der Waals surface area (Å²) >= 11 is 1.79. The van der Waals surface area contributed by atoms with E-state index in [1.807, 2.05) is 6.20 Å². The largest absolute Gasteiger partial charge is 0.312 e. The van der Waals surface area contributed by atoms with Gasteiger partial charge in [-0.2, -0.15) is 0 Å². The molecule has 2 saturated heterocycles. The summed E-state index contributed by atoms with van der Waals surface area (Å²) in [5, 5.41) is 7.03. The van der Waals surface area contributed by atoms with Crippen molar-refractivity contribution in [3.05, 3.63) is 16.6 Å². The molecule has 3 unspecified atom stereocenters. The van der Waals surface area contributed by atoms with Gasteiger partial charge in [-0.25, -0.2) is 4.98 Å². The monoisotopic (exact) mass is 251 g/mol. The Morgan fingerprint density at radius 2 is 2.41 bits per heavy atom. The highest BCUT2D eigenvalue weighted by atomic mass is 32.1. The van der Waals surface area contributed by atoms with Crippen LogP contribution in [0.5, 0.6) is 0 Å². The van der Waals surface area contributed by atoms with Crippen LogP contribution in [-0.4, -0.2) is 35.1 Å². The molecule has 1 aromatic heterocycles. The fourth-order valence-electron chi connectivity index (χ4n) is 3.35. The minimum atomic E-state index is 0.491. The minimum Gasteiger partial charge on any atom is -0.312 e. The van der Waals surface area contributed by atoms with Crippen LogP contribution in [0.4, 0.5) is 0 Å². The Labute approximate surface area is 107 Å². The number of thiazole rings is 1. The summed E-state index contributed by atoms with van der Waals surface area (Å²) in [6.45, 7) is 4.76. The average Bonchev–Trinajstić information content (AvgIpc) is 3.09. The SMILES string of the molecule is CC(c1nccs1)N1CCCC1C1CCCN1. The zero-order valence-electron chi connectivity index (χ0n) is 10.4. The van der Waals surface area contributed by atoms with Gasteiger partial charge in [-0.05, 0) is 45.7 Å². The first kappa shape index (κ1) is 11.6. The average molecular weight is 251 g/mol. The van der Waals surface area contributed by atoms with Gasteiger partial charge >= 0.3 is 0 Å². The van der Waals surface area contributed by atoms with Crippen molar-refractivity contribution in [2.45, 2.75) is 50.7 Å². The summed E-state index contributed by atoms with van der Waals surface area (Å²) in [5.41, 5.74) is 0. The molecule has 2 fully saturated rings. The molecule has 1 N–H and O–H groups in total. The van der Waals surface area contributed by atoms with Gasteiger partial charge in [0.1, 0.15) is 5.01 Å². The molecule has 3 atom stereocenters. The third kappa shape index (κ3) is 2.26. The van der Waals surface area contributed by atoms with Gasteiger partial charge in [0.2, 0.25) is 0 Å². The second-order valence-electron chi connectivity index (χ2n) is 5.20. The highest BCUT2D eigenvalue weighted by molar-refractivity contribution is 7.09. The fraction of sp³-hybridized carbons (Fsp3) is 0.769. The van der Waals surface area contributed by atoms with E-state index in [-0.39, 0.29) is 0 Å². The van der Waals surface area contributed by atoms with E-state index >= 15 is 0 Å². The van der Waals surface area contributed by atoms with Crippen molar-refractivity contribution < 1.29 is 0 Å². The van der Waals surface area contributed by atoms with Crippen LogP contribution in [-0.2, 0) is 0 Å². The zero-order valence-corrected chi connectivity index (χ0v) is 11.2. The maximum Gasteiger partial charge on any atom is 0.109 e. The van der Waals surface area contributed by atoms with Crippen molar-refractivity contribution in [2.24, 2.45) is 0 Å². The van der Waals surface area contributed by atoms with Crippen LogP contribution in [0.15, 0.2) is 11.6 Å². The Bertz CT molecular complexity index is 346. The van der Waals surface area contributed by atoms with Crippen molar-refractivity contribution in [1.29, 1.82) is 0 Å². The van der Waals surface area contributed by atoms with Crippen molar-refractivity contribution in [3.8, 4) is 0 Å². The molecule has 2 aliphatic rings. The van der Waals surface area contributed by atoms with Crippen LogP contribution in [0.3, 0.4) is 0 Å². The molecule has 4 heteroatoms. The molecule has 94 valence electrons. The van der Waals surface area contributed by atoms with E-state index in [1.54, 1.807) is 11.3 Å². The first-order valence-electron chi connectivity index (χ1n) is 6.75. The Morgan fingerprint density at radius 1 is 1.47 bits per heavy atom. The molecule has 2 aliphatic heterocycles. The molecular weight excluding hydrogens is 230 g/mol. The smallest absolute Gasteiger partial charge is 0.109 e. The number of nitrogens with one attached hydrogen (secondary N) is 1. The van der Waals surface area contributed by atoms with Crippen molar-refractivity contribution >= 4 is 11.3 Å². The van der Waals surface area contributed by atoms with Crippen molar-refractivity contribution in [2.75, 3.05) is 13.1 Å². The summed E-state index contributed by atoms with van der Waals surface area (Å²) in [6, 6.07) is 1.95. The number of likely N-dealkylation sites (tertiary alicyclic amines) is 1. The number of nitrogens with zero attached hydrogens (tertiary/aromatic N) is 2. The molecule has 3 rings (SSSR count). The van der Waals surface area contributed by atoms with E-state index in [4.69, 9.17) is 0 Å². The van der Waals surface area contributed by atoms with E-state index < -0.39 is 0 Å². The van der Waals surface area contributed by atoms with Gasteiger partial charge in [-0.15, -0.1) is 11.3 Å². The first-order valence-corrected chi connectivity index (χ1v) is 7.63. The molecule has 0 amide bonds. The topological polar surface area (TPSA) is 28.2 Å². The van der Waals surface area contributed by atoms with Crippen LogP contribution >= 0.6 is 11.3 Å². The third-order valence-corrected chi connectivity index (χ3v) is 5.16. The van der Waals surface area contributed by atoms with E-state index in [2.05, 4.69) is 27.5 Å². The predicted octanol–water partition coefficient (Wildman–Crippen LogP) is 2.42. The molecular formula is C13H21N3S. The molecule has 0 aliphatic carbocycles. The number of hydrogen-bond acceptors (Lipinski definition) is 4. The Hall–Kier alpha value is -0.450. The highest BCUT2D eigenvalue weighted by Crippen LogP contribution is 2.33. The lowest BCUT2D eigenvalue weighted by Crippen LogP contribution is -2.44. The van der Waals surface area contributed by atoms with Crippen LogP contribution in [0.25, 0.3) is 0 Å². The lowest BCUT2D eigenvalue weighted by atomic mass is 10.0. The van der Waals surface area contributed by atoms with Gasteiger partial charge in [0, 0.05) is 23.7 Å². The van der Waals surface area contributed by atoms with Gasteiger partial charge in [0.15, 0.2) is 0 Å². The maximum atomic E-state index is 4.48. The van der Waals surface area contributed by atoms with Crippen LogP contribution < -0.4 is 5.32 Å². The van der Waals surface area contributed by atoms with Gasteiger partial charge in [0.05, 0.1) is 6.04 Å². The Kier molecular flexibility index (Phi) is 3.45. The van der Waals surface area contributed by atoms with Crippen LogP contribution in [0.2, 0.25) is 0 Å². The molecule has 0 saturated carbocycles. The van der Waals surface area contributed by atoms with E-state index in [0.29, 0.717) is 6.04 Å². The van der Waals surface area contributed by atoms with Gasteiger partial charge in [-0.3, -0.25) is 4.90 Å². The molecule has 3 heterocycles. The van der Waals surface area contributed by atoms with Gasteiger partial charge < -0.3 is 5.32 Å². The van der Waals surface area contributed by atoms with E-state index in [9.17, 15) is 0 Å². The lowest BCUT2D eigenvalue weighted by molar-refractivity contribution is 0.163. The fourth-order valence-corrected chi connectivity index (χ4v) is 4.07. The summed E-state index contributed by atoms with van der Waals surface area (Å²) in [4.78, 5) is 7.15. The minimum absolute atomic E-state index is 0.491. The zero-order chi connectivity index (χ0) is 11.7. The van der Waals surface area contributed by atoms with E-state index in [0.717, 1.165) is 12.1 Å². The van der Waals surface area contributed by atoms with Crippen molar-refractivity contribution in [3.63, 3.8) is 0 Å². The molecule has 0 spiro atoms. The second-order valence-corrected chi connectivity index (χ2v) is 6.12. The molecule has 1 aromatic rings. The van der Waals surface area contributed by atoms with Gasteiger partial charge in [-0.1, -0.05) is 0 Å². The third-order valence-electron chi connectivity index (χ3n) is 4.21. The van der Waals surface area contributed by atoms with Gasteiger partial charge in [0.25, 0.3) is 0 Å². The number of aromatic nitrogens is 1. The molecule has 17 heavy (non-hydrogen) atoms. The lowest BCUT2D eigenvalue weighted by Gasteiger charge is -2.33. The Balaban J connectivity index is 1.72. The highest BCUT2D eigenvalue weighted by Gasteiger charge is 2.36. The maximum absolute atomic E-state index is 4.48. The van der Waals surface area contributed by atoms with Crippen LogP contribution in [0.1, 0.15) is 43.7 Å². The summed E-state index contributed by atoms with van der Waals surface area (Å²) in [6.07, 6.45) is 7.33. The molecule has 3 nitrogen and oxygen atoms in total. The van der Waals surface area contributed by atoms with E-state index in [1.165, 1.54) is 43.8 Å². The summed E-state index contributed by atoms with van der Waals surface area (Å²) in [5.74, 6) is 0. The number of hydrogen-bond donors (Lipinski definition) is 1. The first-order chi connectivity index (χ1) is 8.36. The molecule has 0 radical (unpaired) electrons. The number of rotatable bonds is 3. The molecule has 0 aromatic carbocycles. The standard InChI is InChI=1S/C13H21N3S/c1-10(13-15-7-9-17-13)16-8-3-5-12(16)11-4-2-6-14-11/h7,9-12,14H,2-6,8H2,1H3. The van der Waals surface area contributed by atoms with Crippen molar-refractivity contribution in [1.82, 2.24) is 15.2 Å². The summed E-state index contributed by atoms with van der Waals surface area (Å²) < 4.78 is 0.